The maximum atomic E-state index is 13.0. The maximum Gasteiger partial charge on any atom is 0.308 e. The van der Waals surface area contributed by atoms with Crippen molar-refractivity contribution in [1.29, 1.82) is 0 Å². The van der Waals surface area contributed by atoms with E-state index in [2.05, 4.69) is 0 Å². The largest absolute Gasteiger partial charge is 0.462 e. The smallest absolute Gasteiger partial charge is 0.308 e. The molecule has 0 unspecified atom stereocenters. The third kappa shape index (κ3) is 18.5. The molecule has 374 valence electrons. The van der Waals surface area contributed by atoms with Gasteiger partial charge in [-0.25, -0.2) is 5.84 Å². The molecule has 66 heavy (non-hydrogen) atoms. The number of ether oxygens (including phenoxy) is 4. The van der Waals surface area contributed by atoms with Crippen molar-refractivity contribution in [3.63, 3.8) is 0 Å². The average Bonchev–Trinajstić information content (AvgIpc) is 3.24. The topological polar surface area (TPSA) is 337 Å². The average molecular weight is 938 g/mol. The van der Waals surface area contributed by atoms with E-state index in [1.54, 1.807) is 81.5 Å². The zero-order valence-corrected chi connectivity index (χ0v) is 38.2. The first-order valence-electron chi connectivity index (χ1n) is 22.6. The fraction of sp³-hybridized carbons (Fsp3) is 0.660. The second-order valence-electron chi connectivity index (χ2n) is 17.7. The second kappa shape index (κ2) is 28.1. The van der Waals surface area contributed by atoms with Crippen LogP contribution in [-0.4, -0.2) is 160 Å². The van der Waals surface area contributed by atoms with E-state index in [-0.39, 0.29) is 31.6 Å². The molecule has 0 aromatic rings. The van der Waals surface area contributed by atoms with Gasteiger partial charge in [0.25, 0.3) is 0 Å². The fourth-order valence-electron chi connectivity index (χ4n) is 8.09. The summed E-state index contributed by atoms with van der Waals surface area (Å²) in [6.45, 7) is 6.77. The zero-order valence-electron chi connectivity index (χ0n) is 38.2. The van der Waals surface area contributed by atoms with Gasteiger partial charge in [0, 0.05) is 37.5 Å². The molecule has 0 aromatic carbocycles. The first kappa shape index (κ1) is 56.8. The van der Waals surface area contributed by atoms with Gasteiger partial charge in [0.2, 0.25) is 5.91 Å². The third-order valence-electron chi connectivity index (χ3n) is 12.2. The van der Waals surface area contributed by atoms with Gasteiger partial charge in [0.05, 0.1) is 85.5 Å². The number of nitrogens with two attached hydrogens (primary N) is 2. The van der Waals surface area contributed by atoms with Crippen LogP contribution in [0.15, 0.2) is 85.1 Å². The Morgan fingerprint density at radius 3 is 1.85 bits per heavy atom. The van der Waals surface area contributed by atoms with Crippen LogP contribution in [0.25, 0.3) is 0 Å². The number of hydrogen-bond donors (Lipinski definition) is 13. The minimum atomic E-state index is -2.28. The van der Waals surface area contributed by atoms with E-state index < -0.39 is 147 Å². The highest BCUT2D eigenvalue weighted by molar-refractivity contribution is 5.79. The maximum absolute atomic E-state index is 13.0. The second-order valence-corrected chi connectivity index (χ2v) is 17.7. The Hall–Kier alpha value is -3.48. The van der Waals surface area contributed by atoms with Gasteiger partial charge in [-0.15, -0.1) is 0 Å². The number of hydrazine groups is 1. The van der Waals surface area contributed by atoms with Gasteiger partial charge in [-0.3, -0.25) is 15.0 Å². The summed E-state index contributed by atoms with van der Waals surface area (Å²) < 4.78 is 23.4. The molecule has 0 saturated carbocycles. The predicted molar refractivity (Wildman–Crippen MR) is 242 cm³/mol. The van der Waals surface area contributed by atoms with Crippen LogP contribution in [-0.2, 0) is 28.5 Å². The van der Waals surface area contributed by atoms with E-state index in [0.29, 0.717) is 0 Å². The summed E-state index contributed by atoms with van der Waals surface area (Å²) in [4.78, 5) is 25.7. The van der Waals surface area contributed by atoms with Gasteiger partial charge < -0.3 is 75.7 Å². The first-order valence-corrected chi connectivity index (χ1v) is 22.6. The van der Waals surface area contributed by atoms with E-state index in [4.69, 9.17) is 30.5 Å². The Morgan fingerprint density at radius 1 is 0.682 bits per heavy atom. The molecule has 0 radical (unpaired) electrons. The van der Waals surface area contributed by atoms with E-state index in [0.717, 1.165) is 0 Å². The van der Waals surface area contributed by atoms with Crippen LogP contribution >= 0.6 is 0 Å². The van der Waals surface area contributed by atoms with Crippen molar-refractivity contribution >= 4 is 11.9 Å². The number of carbonyl (C=O) groups excluding carboxylic acids is 2. The number of carbonyl (C=O) groups is 2. The van der Waals surface area contributed by atoms with Crippen LogP contribution in [0.1, 0.15) is 79.1 Å². The molecule has 3 aliphatic rings. The molecule has 2 fully saturated rings. The normalized spacial score (nSPS) is 44.9. The lowest BCUT2D eigenvalue weighted by atomic mass is 9.82. The summed E-state index contributed by atoms with van der Waals surface area (Å²) in [5.41, 5.74) is 8.04. The molecule has 19 atom stereocenters. The summed E-state index contributed by atoms with van der Waals surface area (Å²) in [5.74, 6) is -0.468. The van der Waals surface area contributed by atoms with Crippen LogP contribution < -0.4 is 17.0 Å². The Morgan fingerprint density at radius 2 is 1.26 bits per heavy atom. The van der Waals surface area contributed by atoms with Crippen LogP contribution in [0.5, 0.6) is 0 Å². The van der Waals surface area contributed by atoms with Crippen LogP contribution in [0.4, 0.5) is 0 Å². The number of amides is 1. The number of rotatable bonds is 3. The Bertz CT molecular complexity index is 1690. The monoisotopic (exact) mass is 938 g/mol. The lowest BCUT2D eigenvalue weighted by Gasteiger charge is -2.45. The number of esters is 1. The SMILES string of the molecule is C[C@@H]1[C@H](O)[C@@H](C)/C=C/C=C/C=C/C=C/C=C/C=C/C=C/[C@H](O[C@@H]2O[C@H](C)[C@@H](O)[C@H](N)[C@@H]2O)C[C@@H]2O[C@](O)(C[C@@H](O)C[C@@H](O)[C@H](O)CC[C@@H](O)C[C@@H](O)CC(=O)O[C@H]1C)C[C@H](O)[C@H]2C(=O)NN. The van der Waals surface area contributed by atoms with Gasteiger partial charge in [0.1, 0.15) is 12.2 Å². The summed E-state index contributed by atoms with van der Waals surface area (Å²) in [5, 5.41) is 109. The van der Waals surface area contributed by atoms with Crippen molar-refractivity contribution < 1.29 is 79.6 Å². The van der Waals surface area contributed by atoms with Crippen molar-refractivity contribution in [2.45, 2.75) is 177 Å². The van der Waals surface area contributed by atoms with Gasteiger partial charge >= 0.3 is 5.97 Å². The Labute approximate surface area is 387 Å². The first-order chi connectivity index (χ1) is 31.2. The van der Waals surface area contributed by atoms with E-state index in [9.17, 15) is 60.7 Å². The minimum absolute atomic E-state index is 0.0992. The molecule has 15 N–H and O–H groups in total. The molecule has 19 heteroatoms. The molecule has 1 amide bonds. The van der Waals surface area contributed by atoms with Gasteiger partial charge in [-0.05, 0) is 33.1 Å². The number of cyclic esters (lactones) is 1. The van der Waals surface area contributed by atoms with Crippen molar-refractivity contribution in [3.05, 3.63) is 85.1 Å². The quantitative estimate of drug-likeness (QED) is 0.0742. The molecular formula is C47H75N3O16. The summed E-state index contributed by atoms with van der Waals surface area (Å²) in [6, 6.07) is -1.14. The molecular weight excluding hydrogens is 863 g/mol. The standard InChI is InChI=1S/C47H75N3O16/c1-27-17-15-13-11-9-7-5-6-8-10-12-14-16-18-34(65-46-44(60)41(48)43(59)30(4)64-46)24-38-40(45(61)50-49)37(56)26-47(62,66-38)25-33(53)22-36(55)35(54)20-19-31(51)21-32(52)23-39(57)63-29(3)28(2)42(27)58/h5-18,27-38,40-44,46,51-56,58-60,62H,19-26,48-49H2,1-4H3,(H,50,61)/b6-5+,9-7+,10-8+,13-11+,14-12+,17-15+,18-16+/t27-,28-,29-,30+,31+,32+,33-,34-,35+,36+,37-,38-,40+,41-,42+,43+,44-,46-,47+/m0/s1. The van der Waals surface area contributed by atoms with E-state index >= 15 is 0 Å². The number of fused-ring (bicyclic) bond motifs is 2. The van der Waals surface area contributed by atoms with Crippen LogP contribution in [0.2, 0.25) is 0 Å². The fourth-order valence-corrected chi connectivity index (χ4v) is 8.09. The highest BCUT2D eigenvalue weighted by atomic mass is 16.7. The highest BCUT2D eigenvalue weighted by Gasteiger charge is 2.50. The van der Waals surface area contributed by atoms with Crippen molar-refractivity contribution in [2.24, 2.45) is 29.3 Å². The van der Waals surface area contributed by atoms with Crippen molar-refractivity contribution in [1.82, 2.24) is 5.43 Å². The van der Waals surface area contributed by atoms with Crippen LogP contribution in [0.3, 0.4) is 0 Å². The zero-order chi connectivity index (χ0) is 49.1. The molecule has 0 aliphatic carbocycles. The summed E-state index contributed by atoms with van der Waals surface area (Å²) in [7, 11) is 0. The van der Waals surface area contributed by atoms with E-state index in [1.165, 1.54) is 0 Å². The Balaban J connectivity index is 1.88. The molecule has 2 saturated heterocycles. The number of aliphatic hydroxyl groups is 10. The number of allylic oxidation sites excluding steroid dienone is 12. The lowest BCUT2D eigenvalue weighted by Crippen LogP contribution is -2.62. The molecule has 3 rings (SSSR count). The molecule has 3 heterocycles. The lowest BCUT2D eigenvalue weighted by molar-refractivity contribution is -0.307. The van der Waals surface area contributed by atoms with Gasteiger partial charge in [0.15, 0.2) is 12.1 Å². The molecule has 0 spiro atoms. The summed E-state index contributed by atoms with van der Waals surface area (Å²) in [6.07, 6.45) is 4.26. The number of hydrogen-bond acceptors (Lipinski definition) is 18. The molecule has 2 bridgehead atoms. The minimum Gasteiger partial charge on any atom is -0.462 e. The number of nitrogens with one attached hydrogen (secondary N) is 1. The van der Waals surface area contributed by atoms with E-state index in [1.807, 2.05) is 36.7 Å². The summed E-state index contributed by atoms with van der Waals surface area (Å²) >= 11 is 0. The third-order valence-corrected chi connectivity index (χ3v) is 12.2. The van der Waals surface area contributed by atoms with Crippen molar-refractivity contribution in [2.75, 3.05) is 0 Å². The highest BCUT2D eigenvalue weighted by Crippen LogP contribution is 2.38. The van der Waals surface area contributed by atoms with Crippen molar-refractivity contribution in [3.8, 4) is 0 Å². The molecule has 3 aliphatic heterocycles. The predicted octanol–water partition coefficient (Wildman–Crippen LogP) is -0.383. The Kier molecular flexibility index (Phi) is 24.2. The number of aliphatic hydroxyl groups excluding tert-OH is 9. The van der Waals surface area contributed by atoms with Gasteiger partial charge in [-0.2, -0.15) is 0 Å². The molecule has 0 aromatic heterocycles. The van der Waals surface area contributed by atoms with Crippen LogP contribution in [0, 0.1) is 17.8 Å². The van der Waals surface area contributed by atoms with Gasteiger partial charge in [-0.1, -0.05) is 98.9 Å². The molecule has 19 nitrogen and oxygen atoms in total.